The zero-order valence-electron chi connectivity index (χ0n) is 10.4. The van der Waals surface area contributed by atoms with Crippen molar-refractivity contribution in [1.29, 1.82) is 0 Å². The molecule has 6 heteroatoms. The van der Waals surface area contributed by atoms with E-state index in [9.17, 15) is 4.79 Å². The van der Waals surface area contributed by atoms with Gasteiger partial charge in [0.1, 0.15) is 11.8 Å². The molecule has 1 atom stereocenters. The van der Waals surface area contributed by atoms with E-state index in [0.29, 0.717) is 26.7 Å². The number of carbonyl (C=O) groups excluding carboxylic acids is 1. The van der Waals surface area contributed by atoms with Gasteiger partial charge in [-0.2, -0.15) is 0 Å². The molecule has 4 nitrogen and oxygen atoms in total. The SMILES string of the molecule is Cc1cnc(C(C)NC(=O)c2cccc(Br)c2Cl)o1. The van der Waals surface area contributed by atoms with Crippen molar-refractivity contribution in [2.75, 3.05) is 0 Å². The van der Waals surface area contributed by atoms with E-state index in [1.165, 1.54) is 0 Å². The number of amides is 1. The minimum absolute atomic E-state index is 0.269. The first kappa shape index (κ1) is 14.1. The molecule has 0 saturated carbocycles. The van der Waals surface area contributed by atoms with Crippen LogP contribution in [0.1, 0.15) is 35.0 Å². The second kappa shape index (κ2) is 5.75. The minimum atomic E-state index is -0.323. The summed E-state index contributed by atoms with van der Waals surface area (Å²) >= 11 is 9.36. The zero-order valence-corrected chi connectivity index (χ0v) is 12.7. The first-order valence-electron chi connectivity index (χ1n) is 5.66. The van der Waals surface area contributed by atoms with Crippen LogP contribution in [0, 0.1) is 6.92 Å². The minimum Gasteiger partial charge on any atom is -0.444 e. The zero-order chi connectivity index (χ0) is 14.0. The highest BCUT2D eigenvalue weighted by Crippen LogP contribution is 2.26. The number of hydrogen-bond acceptors (Lipinski definition) is 3. The highest BCUT2D eigenvalue weighted by atomic mass is 79.9. The van der Waals surface area contributed by atoms with Gasteiger partial charge in [0.25, 0.3) is 5.91 Å². The van der Waals surface area contributed by atoms with Gasteiger partial charge in [-0.3, -0.25) is 4.79 Å². The average Bonchev–Trinajstić information content (AvgIpc) is 2.79. The summed E-state index contributed by atoms with van der Waals surface area (Å²) in [5.41, 5.74) is 0.408. The van der Waals surface area contributed by atoms with Crippen molar-refractivity contribution < 1.29 is 9.21 Å². The van der Waals surface area contributed by atoms with Crippen molar-refractivity contribution in [1.82, 2.24) is 10.3 Å². The van der Waals surface area contributed by atoms with Gasteiger partial charge in [-0.05, 0) is 41.9 Å². The Hall–Kier alpha value is -1.33. The first-order chi connectivity index (χ1) is 8.99. The standard InChI is InChI=1S/C13H12BrClN2O2/c1-7-6-16-13(19-7)8(2)17-12(18)9-4-3-5-10(14)11(9)15/h3-6,8H,1-2H3,(H,17,18). The fourth-order valence-electron chi connectivity index (χ4n) is 1.59. The Kier molecular flexibility index (Phi) is 4.27. The van der Waals surface area contributed by atoms with Crippen molar-refractivity contribution >= 4 is 33.4 Å². The van der Waals surface area contributed by atoms with Gasteiger partial charge >= 0.3 is 0 Å². The van der Waals surface area contributed by atoms with E-state index in [1.807, 2.05) is 0 Å². The maximum absolute atomic E-state index is 12.1. The van der Waals surface area contributed by atoms with E-state index in [4.69, 9.17) is 16.0 Å². The molecule has 1 amide bonds. The molecule has 1 aromatic carbocycles. The summed E-state index contributed by atoms with van der Waals surface area (Å²) in [6, 6.07) is 4.87. The van der Waals surface area contributed by atoms with Gasteiger partial charge in [-0.15, -0.1) is 0 Å². The van der Waals surface area contributed by atoms with Crippen LogP contribution in [-0.4, -0.2) is 10.9 Å². The van der Waals surface area contributed by atoms with E-state index >= 15 is 0 Å². The molecule has 2 aromatic rings. The molecule has 1 heterocycles. The van der Waals surface area contributed by atoms with Crippen LogP contribution in [0.5, 0.6) is 0 Å². The Balaban J connectivity index is 2.15. The largest absolute Gasteiger partial charge is 0.444 e. The van der Waals surface area contributed by atoms with Crippen LogP contribution < -0.4 is 5.32 Å². The van der Waals surface area contributed by atoms with Crippen molar-refractivity contribution in [2.45, 2.75) is 19.9 Å². The maximum atomic E-state index is 12.1. The normalized spacial score (nSPS) is 12.2. The van der Waals surface area contributed by atoms with Crippen LogP contribution in [0.15, 0.2) is 33.3 Å². The van der Waals surface area contributed by atoms with E-state index < -0.39 is 0 Å². The van der Waals surface area contributed by atoms with Gasteiger partial charge in [-0.25, -0.2) is 4.98 Å². The molecule has 0 bridgehead atoms. The van der Waals surface area contributed by atoms with Gasteiger partial charge in [-0.1, -0.05) is 17.7 Å². The lowest BCUT2D eigenvalue weighted by Gasteiger charge is -2.11. The number of aromatic nitrogens is 1. The Labute approximate surface area is 124 Å². The van der Waals surface area contributed by atoms with Crippen molar-refractivity contribution in [2.24, 2.45) is 0 Å². The van der Waals surface area contributed by atoms with Gasteiger partial charge in [0.15, 0.2) is 0 Å². The van der Waals surface area contributed by atoms with E-state index in [1.54, 1.807) is 38.2 Å². The molecule has 1 aromatic heterocycles. The third-order valence-electron chi connectivity index (χ3n) is 2.55. The molecule has 0 aliphatic rings. The number of nitrogens with zero attached hydrogens (tertiary/aromatic N) is 1. The molecule has 0 spiro atoms. The molecule has 0 aliphatic heterocycles. The summed E-state index contributed by atoms with van der Waals surface area (Å²) in [4.78, 5) is 16.2. The molecule has 0 saturated heterocycles. The average molecular weight is 344 g/mol. The lowest BCUT2D eigenvalue weighted by molar-refractivity contribution is 0.0934. The van der Waals surface area contributed by atoms with Gasteiger partial charge in [0.2, 0.25) is 5.89 Å². The summed E-state index contributed by atoms with van der Waals surface area (Å²) in [6.45, 7) is 3.60. The molecular weight excluding hydrogens is 332 g/mol. The van der Waals surface area contributed by atoms with E-state index in [0.717, 1.165) is 0 Å². The summed E-state index contributed by atoms with van der Waals surface area (Å²) < 4.78 is 6.05. The number of hydrogen-bond donors (Lipinski definition) is 1. The van der Waals surface area contributed by atoms with Crippen molar-refractivity contribution in [3.8, 4) is 0 Å². The molecule has 2 rings (SSSR count). The smallest absolute Gasteiger partial charge is 0.253 e. The van der Waals surface area contributed by atoms with Crippen LogP contribution in [0.4, 0.5) is 0 Å². The number of halogens is 2. The van der Waals surface area contributed by atoms with Crippen LogP contribution in [0.3, 0.4) is 0 Å². The number of benzene rings is 1. The lowest BCUT2D eigenvalue weighted by Crippen LogP contribution is -2.27. The number of rotatable bonds is 3. The molecule has 100 valence electrons. The van der Waals surface area contributed by atoms with Gasteiger partial charge in [0, 0.05) is 4.47 Å². The quantitative estimate of drug-likeness (QED) is 0.920. The van der Waals surface area contributed by atoms with E-state index in [2.05, 4.69) is 26.2 Å². The molecule has 19 heavy (non-hydrogen) atoms. The summed E-state index contributed by atoms with van der Waals surface area (Å²) in [5, 5.41) is 3.18. The third kappa shape index (κ3) is 3.16. The maximum Gasteiger partial charge on any atom is 0.253 e. The number of aryl methyl sites for hydroxylation is 1. The number of carbonyl (C=O) groups is 1. The lowest BCUT2D eigenvalue weighted by atomic mass is 10.2. The highest BCUT2D eigenvalue weighted by Gasteiger charge is 2.18. The Morgan fingerprint density at radius 3 is 2.89 bits per heavy atom. The predicted molar refractivity (Wildman–Crippen MR) is 76.3 cm³/mol. The molecule has 1 unspecified atom stereocenters. The fourth-order valence-corrected chi connectivity index (χ4v) is 2.17. The predicted octanol–water partition coefficient (Wildman–Crippen LogP) is 3.89. The van der Waals surface area contributed by atoms with Crippen LogP contribution in [-0.2, 0) is 0 Å². The summed E-state index contributed by atoms with van der Waals surface area (Å²) in [5.74, 6) is 0.906. The molecule has 0 radical (unpaired) electrons. The summed E-state index contributed by atoms with van der Waals surface area (Å²) in [6.07, 6.45) is 1.62. The van der Waals surface area contributed by atoms with Crippen LogP contribution in [0.2, 0.25) is 5.02 Å². The molecule has 0 aliphatic carbocycles. The first-order valence-corrected chi connectivity index (χ1v) is 6.83. The van der Waals surface area contributed by atoms with Crippen LogP contribution in [0.25, 0.3) is 0 Å². The van der Waals surface area contributed by atoms with Gasteiger partial charge in [0.05, 0.1) is 16.8 Å². The third-order valence-corrected chi connectivity index (χ3v) is 3.85. The number of oxazole rings is 1. The van der Waals surface area contributed by atoms with Crippen LogP contribution >= 0.6 is 27.5 Å². The monoisotopic (exact) mass is 342 g/mol. The molecular formula is C13H12BrClN2O2. The van der Waals surface area contributed by atoms with Crippen molar-refractivity contribution in [3.05, 3.63) is 51.1 Å². The second-order valence-corrected chi connectivity index (χ2v) is 5.34. The molecule has 0 fully saturated rings. The highest BCUT2D eigenvalue weighted by molar-refractivity contribution is 9.10. The Bertz CT molecular complexity index is 612. The topological polar surface area (TPSA) is 55.1 Å². The molecule has 1 N–H and O–H groups in total. The van der Waals surface area contributed by atoms with Gasteiger partial charge < -0.3 is 9.73 Å². The fraction of sp³-hybridized carbons (Fsp3) is 0.231. The number of nitrogens with one attached hydrogen (secondary N) is 1. The second-order valence-electron chi connectivity index (χ2n) is 4.11. The van der Waals surface area contributed by atoms with Crippen molar-refractivity contribution in [3.63, 3.8) is 0 Å². The Morgan fingerprint density at radius 1 is 1.53 bits per heavy atom. The summed E-state index contributed by atoms with van der Waals surface area (Å²) in [7, 11) is 0. The Morgan fingerprint density at radius 2 is 2.26 bits per heavy atom. The van der Waals surface area contributed by atoms with E-state index in [-0.39, 0.29) is 11.9 Å².